The van der Waals surface area contributed by atoms with Crippen molar-refractivity contribution < 1.29 is 9.72 Å². The summed E-state index contributed by atoms with van der Waals surface area (Å²) in [7, 11) is 0. The quantitative estimate of drug-likeness (QED) is 0.108. The van der Waals surface area contributed by atoms with Crippen LogP contribution in [0.15, 0.2) is 89.1 Å². The van der Waals surface area contributed by atoms with Crippen molar-refractivity contribution in [3.8, 4) is 11.3 Å². The number of hydrogen-bond acceptors (Lipinski definition) is 7. The molecule has 0 spiro atoms. The number of nitrogens with zero attached hydrogens (tertiary/aromatic N) is 2. The van der Waals surface area contributed by atoms with E-state index in [4.69, 9.17) is 12.2 Å². The van der Waals surface area contributed by atoms with Crippen LogP contribution in [0.5, 0.6) is 0 Å². The van der Waals surface area contributed by atoms with Crippen LogP contribution in [0.4, 0.5) is 22.2 Å². The van der Waals surface area contributed by atoms with Gasteiger partial charge in [-0.2, -0.15) is 0 Å². The van der Waals surface area contributed by atoms with E-state index in [-0.39, 0.29) is 17.3 Å². The summed E-state index contributed by atoms with van der Waals surface area (Å²) in [6, 6.07) is 23.5. The molecule has 0 aliphatic carbocycles. The van der Waals surface area contributed by atoms with Gasteiger partial charge < -0.3 is 16.0 Å². The smallest absolute Gasteiger partial charge is 0.270 e. The number of para-hydroxylation sites is 1. The molecule has 0 fully saturated rings. The summed E-state index contributed by atoms with van der Waals surface area (Å²) in [5, 5.41) is 22.7. The minimum atomic E-state index is -0.451. The van der Waals surface area contributed by atoms with Gasteiger partial charge in [0, 0.05) is 39.3 Å². The van der Waals surface area contributed by atoms with E-state index < -0.39 is 4.92 Å². The van der Waals surface area contributed by atoms with Crippen LogP contribution in [0.25, 0.3) is 11.3 Å². The van der Waals surface area contributed by atoms with Crippen LogP contribution in [-0.4, -0.2) is 26.7 Å². The molecular weight excluding hydrogens is 502 g/mol. The Morgan fingerprint density at radius 3 is 2.51 bits per heavy atom. The van der Waals surface area contributed by atoms with Crippen molar-refractivity contribution in [2.75, 3.05) is 21.7 Å². The number of amides is 1. The molecule has 0 aliphatic rings. The molecule has 1 amide bonds. The van der Waals surface area contributed by atoms with Gasteiger partial charge in [-0.1, -0.05) is 36.4 Å². The third-order valence-electron chi connectivity index (χ3n) is 4.60. The lowest BCUT2D eigenvalue weighted by Crippen LogP contribution is -2.19. The second-order valence-corrected chi connectivity index (χ2v) is 9.47. The van der Waals surface area contributed by atoms with E-state index in [1.165, 1.54) is 35.2 Å². The number of benzene rings is 3. The molecule has 0 radical (unpaired) electrons. The van der Waals surface area contributed by atoms with Gasteiger partial charge in [0.2, 0.25) is 5.91 Å². The first-order valence-electron chi connectivity index (χ1n) is 10.3. The fraction of sp³-hybridized carbons (Fsp3) is 0.0417. The number of thiazole rings is 1. The first-order valence-corrected chi connectivity index (χ1v) is 12.6. The first kappa shape index (κ1) is 24.3. The van der Waals surface area contributed by atoms with Gasteiger partial charge in [0.15, 0.2) is 10.2 Å². The van der Waals surface area contributed by atoms with Crippen molar-refractivity contribution in [1.82, 2.24) is 4.98 Å². The van der Waals surface area contributed by atoms with Crippen molar-refractivity contribution in [2.24, 2.45) is 0 Å². The zero-order valence-electron chi connectivity index (χ0n) is 18.1. The largest absolute Gasteiger partial charge is 0.332 e. The summed E-state index contributed by atoms with van der Waals surface area (Å²) in [5.41, 5.74) is 2.88. The Hall–Kier alpha value is -3.80. The van der Waals surface area contributed by atoms with Crippen molar-refractivity contribution in [1.29, 1.82) is 0 Å². The number of nitrogens with one attached hydrogen (secondary N) is 3. The van der Waals surface area contributed by atoms with Gasteiger partial charge in [0.05, 0.1) is 16.4 Å². The van der Waals surface area contributed by atoms with Crippen LogP contribution < -0.4 is 16.0 Å². The summed E-state index contributed by atoms with van der Waals surface area (Å²) in [6.45, 7) is 0. The Kier molecular flexibility index (Phi) is 8.03. The van der Waals surface area contributed by atoms with Crippen LogP contribution in [-0.2, 0) is 4.79 Å². The normalized spacial score (nSPS) is 10.4. The van der Waals surface area contributed by atoms with Gasteiger partial charge in [-0.05, 0) is 42.5 Å². The van der Waals surface area contributed by atoms with Gasteiger partial charge >= 0.3 is 0 Å². The second-order valence-electron chi connectivity index (χ2n) is 7.16. The molecule has 8 nitrogen and oxygen atoms in total. The number of nitro benzene ring substituents is 1. The predicted octanol–water partition coefficient (Wildman–Crippen LogP) is 6.26. The van der Waals surface area contributed by atoms with E-state index in [9.17, 15) is 14.9 Å². The topological polar surface area (TPSA) is 109 Å². The van der Waals surface area contributed by atoms with Crippen LogP contribution in [0.3, 0.4) is 0 Å². The Morgan fingerprint density at radius 1 is 0.971 bits per heavy atom. The molecule has 0 unspecified atom stereocenters. The molecule has 0 aliphatic heterocycles. The monoisotopic (exact) mass is 521 g/mol. The summed E-state index contributed by atoms with van der Waals surface area (Å²) in [4.78, 5) is 28.3. The summed E-state index contributed by atoms with van der Waals surface area (Å²) in [6.07, 6.45) is 0. The minimum Gasteiger partial charge on any atom is -0.332 e. The minimum absolute atomic E-state index is 0.00850. The number of rotatable bonds is 8. The van der Waals surface area contributed by atoms with E-state index in [0.29, 0.717) is 21.5 Å². The lowest BCUT2D eigenvalue weighted by atomic mass is 10.1. The van der Waals surface area contributed by atoms with Crippen molar-refractivity contribution in [3.05, 3.63) is 94.4 Å². The number of carbonyl (C=O) groups excluding carboxylic acids is 1. The molecule has 4 aromatic rings. The van der Waals surface area contributed by atoms with Crippen LogP contribution in [0.2, 0.25) is 0 Å². The third-order valence-corrected chi connectivity index (χ3v) is 6.55. The lowest BCUT2D eigenvalue weighted by Gasteiger charge is -2.11. The van der Waals surface area contributed by atoms with Crippen molar-refractivity contribution >= 4 is 68.5 Å². The maximum Gasteiger partial charge on any atom is 0.270 e. The maximum absolute atomic E-state index is 12.4. The summed E-state index contributed by atoms with van der Waals surface area (Å²) in [5.74, 6) is -0.00316. The standard InChI is InChI=1S/C24H19N5O3S3/c30-22(28-24-27-21(14-35-24)16-6-4-10-19(12-16)29(31)32)15-34-20-11-5-9-18(13-20)26-23(33)25-17-7-2-1-3-8-17/h1-14H,15H2,(H2,25,26,33)(H,27,28,30). The molecule has 0 atom stereocenters. The number of thioether (sulfide) groups is 1. The summed E-state index contributed by atoms with van der Waals surface area (Å²) >= 11 is 8.02. The zero-order valence-corrected chi connectivity index (χ0v) is 20.6. The first-order chi connectivity index (χ1) is 17.0. The predicted molar refractivity (Wildman–Crippen MR) is 146 cm³/mol. The number of anilines is 3. The number of thiocarbonyl (C=S) groups is 1. The van der Waals surface area contributed by atoms with Gasteiger partial charge in [-0.15, -0.1) is 23.1 Å². The molecule has 1 aromatic heterocycles. The molecule has 0 bridgehead atoms. The molecule has 35 heavy (non-hydrogen) atoms. The third kappa shape index (κ3) is 7.09. The zero-order chi connectivity index (χ0) is 24.6. The Balaban J connectivity index is 1.29. The molecule has 0 saturated carbocycles. The van der Waals surface area contributed by atoms with Crippen LogP contribution in [0, 0.1) is 10.1 Å². The molecule has 3 N–H and O–H groups in total. The maximum atomic E-state index is 12.4. The molecule has 1 heterocycles. The fourth-order valence-corrected chi connectivity index (χ4v) is 4.75. The van der Waals surface area contributed by atoms with Crippen molar-refractivity contribution in [3.63, 3.8) is 0 Å². The lowest BCUT2D eigenvalue weighted by molar-refractivity contribution is -0.384. The molecule has 176 valence electrons. The molecule has 11 heteroatoms. The SMILES string of the molecule is O=C(CSc1cccc(NC(=S)Nc2ccccc2)c1)Nc1nc(-c2cccc([N+](=O)[O-])c2)cs1. The molecule has 4 rings (SSSR count). The number of aromatic nitrogens is 1. The Labute approximate surface area is 215 Å². The number of non-ortho nitro benzene ring substituents is 1. The van der Waals surface area contributed by atoms with Crippen molar-refractivity contribution in [2.45, 2.75) is 4.90 Å². The highest BCUT2D eigenvalue weighted by atomic mass is 32.2. The average Bonchev–Trinajstić information content (AvgIpc) is 3.32. The highest BCUT2D eigenvalue weighted by Crippen LogP contribution is 2.28. The van der Waals surface area contributed by atoms with E-state index in [1.807, 2.05) is 54.6 Å². The summed E-state index contributed by atoms with van der Waals surface area (Å²) < 4.78 is 0. The van der Waals surface area contributed by atoms with Gasteiger partial charge in [0.1, 0.15) is 0 Å². The van der Waals surface area contributed by atoms with E-state index in [0.717, 1.165) is 16.3 Å². The molecular formula is C24H19N5O3S3. The Morgan fingerprint density at radius 2 is 1.71 bits per heavy atom. The fourth-order valence-electron chi connectivity index (χ4n) is 3.03. The highest BCUT2D eigenvalue weighted by Gasteiger charge is 2.12. The highest BCUT2D eigenvalue weighted by molar-refractivity contribution is 8.00. The van der Waals surface area contributed by atoms with E-state index in [2.05, 4.69) is 20.9 Å². The van der Waals surface area contributed by atoms with Crippen LogP contribution in [0.1, 0.15) is 0 Å². The number of hydrogen-bond donors (Lipinski definition) is 3. The molecule has 0 saturated heterocycles. The molecule has 3 aromatic carbocycles. The Bertz CT molecular complexity index is 1360. The van der Waals surface area contributed by atoms with Gasteiger partial charge in [-0.25, -0.2) is 4.98 Å². The van der Waals surface area contributed by atoms with Crippen LogP contribution >= 0.6 is 35.3 Å². The number of nitro groups is 1. The van der Waals surface area contributed by atoms with Gasteiger partial charge in [-0.3, -0.25) is 14.9 Å². The van der Waals surface area contributed by atoms with E-state index in [1.54, 1.807) is 17.5 Å². The average molecular weight is 522 g/mol. The number of carbonyl (C=O) groups is 1. The van der Waals surface area contributed by atoms with Gasteiger partial charge in [0.25, 0.3) is 5.69 Å². The second kappa shape index (κ2) is 11.6. The van der Waals surface area contributed by atoms with E-state index >= 15 is 0 Å².